The third kappa shape index (κ3) is 1.87. The van der Waals surface area contributed by atoms with E-state index in [0.29, 0.717) is 5.69 Å². The fourth-order valence-electron chi connectivity index (χ4n) is 0.858. The third-order valence-corrected chi connectivity index (χ3v) is 2.23. The highest BCUT2D eigenvalue weighted by atomic mass is 35.5. The molecule has 0 heterocycles. The minimum Gasteiger partial charge on any atom is -0.465 e. The van der Waals surface area contributed by atoms with E-state index in [-0.39, 0.29) is 15.6 Å². The van der Waals surface area contributed by atoms with Gasteiger partial charge in [0.15, 0.2) is 0 Å². The number of methoxy groups -OCH3 is 1. The van der Waals surface area contributed by atoms with Crippen molar-refractivity contribution in [2.75, 3.05) is 12.8 Å². The first kappa shape index (κ1) is 10.2. The molecule has 0 aliphatic heterocycles. The molecule has 0 amide bonds. The molecule has 0 radical (unpaired) electrons. The van der Waals surface area contributed by atoms with E-state index in [2.05, 4.69) is 4.74 Å². The zero-order valence-electron chi connectivity index (χ0n) is 6.80. The maximum Gasteiger partial charge on any atom is 0.340 e. The number of ether oxygens (including phenoxy) is 1. The van der Waals surface area contributed by atoms with E-state index in [4.69, 9.17) is 28.9 Å². The molecule has 1 aromatic carbocycles. The molecule has 1 aromatic rings. The molecule has 0 fully saturated rings. The highest BCUT2D eigenvalue weighted by Gasteiger charge is 2.16. The Balaban J connectivity index is 3.33. The van der Waals surface area contributed by atoms with Gasteiger partial charge >= 0.3 is 5.97 Å². The Kier molecular flexibility index (Phi) is 3.01. The minimum absolute atomic E-state index is 0.103. The highest BCUT2D eigenvalue weighted by molar-refractivity contribution is 6.40. The van der Waals surface area contributed by atoms with E-state index in [0.717, 1.165) is 0 Å². The van der Waals surface area contributed by atoms with Gasteiger partial charge in [-0.25, -0.2) is 4.79 Å². The molecular weight excluding hydrogens is 213 g/mol. The van der Waals surface area contributed by atoms with Gasteiger partial charge in [0.25, 0.3) is 0 Å². The van der Waals surface area contributed by atoms with E-state index in [9.17, 15) is 4.79 Å². The van der Waals surface area contributed by atoms with Crippen molar-refractivity contribution in [2.24, 2.45) is 0 Å². The van der Waals surface area contributed by atoms with Gasteiger partial charge in [-0.1, -0.05) is 23.2 Å². The van der Waals surface area contributed by atoms with Crippen molar-refractivity contribution in [2.45, 2.75) is 0 Å². The smallest absolute Gasteiger partial charge is 0.340 e. The van der Waals surface area contributed by atoms with Crippen LogP contribution >= 0.6 is 23.2 Å². The normalized spacial score (nSPS) is 9.77. The summed E-state index contributed by atoms with van der Waals surface area (Å²) in [6, 6.07) is 3.02. The lowest BCUT2D eigenvalue weighted by atomic mass is 10.2. The van der Waals surface area contributed by atoms with Gasteiger partial charge in [0.05, 0.1) is 28.4 Å². The molecule has 0 aliphatic rings. The molecule has 0 bridgehead atoms. The summed E-state index contributed by atoms with van der Waals surface area (Å²) < 4.78 is 4.49. The maximum absolute atomic E-state index is 11.2. The number of nitrogen functional groups attached to an aromatic ring is 1. The Morgan fingerprint density at radius 2 is 2.08 bits per heavy atom. The SMILES string of the molecule is COC(=O)c1c(Cl)ccc(N)c1Cl. The number of anilines is 1. The number of benzene rings is 1. The maximum atomic E-state index is 11.2. The number of carbonyl (C=O) groups excluding carboxylic acids is 1. The topological polar surface area (TPSA) is 52.3 Å². The zero-order valence-corrected chi connectivity index (χ0v) is 8.32. The number of hydrogen-bond donors (Lipinski definition) is 1. The van der Waals surface area contributed by atoms with E-state index in [1.807, 2.05) is 0 Å². The summed E-state index contributed by atoms with van der Waals surface area (Å²) in [5.41, 5.74) is 5.88. The molecule has 1 rings (SSSR count). The lowest BCUT2D eigenvalue weighted by molar-refractivity contribution is 0.0601. The molecule has 0 aromatic heterocycles. The monoisotopic (exact) mass is 219 g/mol. The summed E-state index contributed by atoms with van der Waals surface area (Å²) in [4.78, 5) is 11.2. The molecule has 0 atom stereocenters. The second-order valence-corrected chi connectivity index (χ2v) is 3.10. The van der Waals surface area contributed by atoms with E-state index < -0.39 is 5.97 Å². The van der Waals surface area contributed by atoms with Gasteiger partial charge in [-0.2, -0.15) is 0 Å². The Bertz CT molecular complexity index is 352. The molecule has 0 unspecified atom stereocenters. The minimum atomic E-state index is -0.595. The van der Waals surface area contributed by atoms with Crippen LogP contribution in [0.15, 0.2) is 12.1 Å². The van der Waals surface area contributed by atoms with Crippen molar-refractivity contribution in [3.8, 4) is 0 Å². The highest BCUT2D eigenvalue weighted by Crippen LogP contribution is 2.30. The number of nitrogens with two attached hydrogens (primary N) is 1. The predicted octanol–water partition coefficient (Wildman–Crippen LogP) is 2.36. The van der Waals surface area contributed by atoms with Crippen LogP contribution in [-0.4, -0.2) is 13.1 Å². The van der Waals surface area contributed by atoms with Crippen LogP contribution in [0, 0.1) is 0 Å². The van der Waals surface area contributed by atoms with Crippen LogP contribution in [0.4, 0.5) is 5.69 Å². The van der Waals surface area contributed by atoms with E-state index in [1.165, 1.54) is 19.2 Å². The second kappa shape index (κ2) is 3.85. The van der Waals surface area contributed by atoms with Gasteiger partial charge in [0, 0.05) is 0 Å². The van der Waals surface area contributed by atoms with E-state index in [1.54, 1.807) is 0 Å². The number of rotatable bonds is 1. The Labute approximate surface area is 85.4 Å². The van der Waals surface area contributed by atoms with Crippen LogP contribution < -0.4 is 5.73 Å². The van der Waals surface area contributed by atoms with Gasteiger partial charge in [0.2, 0.25) is 0 Å². The van der Waals surface area contributed by atoms with Crippen molar-refractivity contribution in [3.63, 3.8) is 0 Å². The second-order valence-electron chi connectivity index (χ2n) is 2.32. The summed E-state index contributed by atoms with van der Waals surface area (Å²) in [6.07, 6.45) is 0. The molecule has 2 N–H and O–H groups in total. The van der Waals surface area contributed by atoms with Gasteiger partial charge in [-0.15, -0.1) is 0 Å². The third-order valence-electron chi connectivity index (χ3n) is 1.51. The van der Waals surface area contributed by atoms with Crippen molar-refractivity contribution < 1.29 is 9.53 Å². The molecule has 0 saturated carbocycles. The summed E-state index contributed by atoms with van der Waals surface area (Å²) in [5.74, 6) is -0.595. The van der Waals surface area contributed by atoms with Gasteiger partial charge in [-0.05, 0) is 12.1 Å². The first-order valence-electron chi connectivity index (χ1n) is 3.39. The fraction of sp³-hybridized carbons (Fsp3) is 0.125. The van der Waals surface area contributed by atoms with Crippen molar-refractivity contribution in [1.29, 1.82) is 0 Å². The number of carbonyl (C=O) groups is 1. The number of hydrogen-bond acceptors (Lipinski definition) is 3. The first-order chi connectivity index (χ1) is 6.07. The van der Waals surface area contributed by atoms with Crippen LogP contribution in [0.25, 0.3) is 0 Å². The fourth-order valence-corrected chi connectivity index (χ4v) is 1.38. The summed E-state index contributed by atoms with van der Waals surface area (Å²) >= 11 is 11.5. The van der Waals surface area contributed by atoms with Gasteiger partial charge < -0.3 is 10.5 Å². The van der Waals surface area contributed by atoms with Crippen LogP contribution in [0.5, 0.6) is 0 Å². The van der Waals surface area contributed by atoms with Crippen molar-refractivity contribution in [1.82, 2.24) is 0 Å². The Morgan fingerprint density at radius 1 is 1.46 bits per heavy atom. The van der Waals surface area contributed by atoms with Crippen molar-refractivity contribution in [3.05, 3.63) is 27.7 Å². The van der Waals surface area contributed by atoms with Crippen LogP contribution in [-0.2, 0) is 4.74 Å². The lowest BCUT2D eigenvalue weighted by Gasteiger charge is -2.06. The van der Waals surface area contributed by atoms with Crippen molar-refractivity contribution >= 4 is 34.9 Å². The molecule has 0 spiro atoms. The molecule has 0 aliphatic carbocycles. The Hall–Kier alpha value is -0.930. The molecule has 13 heavy (non-hydrogen) atoms. The van der Waals surface area contributed by atoms with Crippen LogP contribution in [0.3, 0.4) is 0 Å². The molecule has 0 saturated heterocycles. The average Bonchev–Trinajstić information content (AvgIpc) is 2.12. The summed E-state index contributed by atoms with van der Waals surface area (Å²) in [7, 11) is 1.25. The largest absolute Gasteiger partial charge is 0.465 e. The van der Waals surface area contributed by atoms with Crippen LogP contribution in [0.2, 0.25) is 10.0 Å². The quantitative estimate of drug-likeness (QED) is 0.583. The molecule has 3 nitrogen and oxygen atoms in total. The zero-order chi connectivity index (χ0) is 10.0. The lowest BCUT2D eigenvalue weighted by Crippen LogP contribution is -2.04. The predicted molar refractivity (Wildman–Crippen MR) is 52.2 cm³/mol. The molecule has 5 heteroatoms. The molecular formula is C8H7Cl2NO2. The number of halogens is 2. The summed E-state index contributed by atoms with van der Waals surface area (Å²) in [6.45, 7) is 0. The number of esters is 1. The summed E-state index contributed by atoms with van der Waals surface area (Å²) in [5, 5.41) is 0.352. The molecule has 70 valence electrons. The van der Waals surface area contributed by atoms with E-state index >= 15 is 0 Å². The first-order valence-corrected chi connectivity index (χ1v) is 4.15. The van der Waals surface area contributed by atoms with Gasteiger partial charge in [-0.3, -0.25) is 0 Å². The van der Waals surface area contributed by atoms with Gasteiger partial charge in [0.1, 0.15) is 0 Å². The average molecular weight is 220 g/mol. The van der Waals surface area contributed by atoms with Crippen LogP contribution in [0.1, 0.15) is 10.4 Å². The Morgan fingerprint density at radius 3 is 2.62 bits per heavy atom. The standard InChI is InChI=1S/C8H7Cl2NO2/c1-13-8(12)6-4(9)2-3-5(11)7(6)10/h2-3H,11H2,1H3.